The van der Waals surface area contributed by atoms with Gasteiger partial charge in [0.25, 0.3) is 0 Å². The highest BCUT2D eigenvalue weighted by Crippen LogP contribution is 2.89. The van der Waals surface area contributed by atoms with Crippen molar-refractivity contribution in [1.29, 1.82) is 0 Å². The van der Waals surface area contributed by atoms with Crippen molar-refractivity contribution in [3.63, 3.8) is 0 Å². The molecule has 4 bridgehead atoms. The van der Waals surface area contributed by atoms with Crippen LogP contribution in [-0.4, -0.2) is 24.8 Å². The molecule has 0 aromatic heterocycles. The number of hydrogen-bond donors (Lipinski definition) is 0. The quantitative estimate of drug-likeness (QED) is 0.416. The number of methoxy groups -OCH3 is 1. The fourth-order valence-corrected chi connectivity index (χ4v) is 7.47. The molecule has 0 aromatic carbocycles. The van der Waals surface area contributed by atoms with Gasteiger partial charge in [-0.05, 0) is 38.7 Å². The summed E-state index contributed by atoms with van der Waals surface area (Å²) in [4.78, 5) is 37.7. The molecule has 5 nitrogen and oxygen atoms in total. The molecule has 7 atom stereocenters. The van der Waals surface area contributed by atoms with Gasteiger partial charge in [0.2, 0.25) is 0 Å². The van der Waals surface area contributed by atoms with E-state index in [9.17, 15) is 14.4 Å². The Hall–Kier alpha value is -1.91. The molecular weight excluding hydrogens is 320 g/mol. The largest absolute Gasteiger partial charge is 0.501 e. The highest BCUT2D eigenvalue weighted by atomic mass is 16.6. The number of ether oxygens (including phenoxy) is 2. The Kier molecular flexibility index (Phi) is 2.15. The van der Waals surface area contributed by atoms with Crippen LogP contribution in [0.1, 0.15) is 32.6 Å². The fourth-order valence-electron chi connectivity index (χ4n) is 7.47. The predicted octanol–water partition coefficient (Wildman–Crippen LogP) is 2.17. The summed E-state index contributed by atoms with van der Waals surface area (Å²) in [5.41, 5.74) is -0.0309. The molecule has 7 rings (SSSR count). The molecule has 1 aliphatic heterocycles. The summed E-state index contributed by atoms with van der Waals surface area (Å²) >= 11 is 0. The van der Waals surface area contributed by atoms with Crippen LogP contribution in [0.3, 0.4) is 0 Å². The van der Waals surface area contributed by atoms with Gasteiger partial charge in [0.1, 0.15) is 11.5 Å². The molecule has 6 aliphatic carbocycles. The minimum absolute atomic E-state index is 0.00877. The van der Waals surface area contributed by atoms with E-state index in [1.165, 1.54) is 5.57 Å². The average molecular weight is 340 g/mol. The van der Waals surface area contributed by atoms with Gasteiger partial charge in [0, 0.05) is 28.6 Å². The van der Waals surface area contributed by atoms with E-state index < -0.39 is 23.3 Å². The van der Waals surface area contributed by atoms with Crippen molar-refractivity contribution in [1.82, 2.24) is 0 Å². The van der Waals surface area contributed by atoms with Crippen molar-refractivity contribution in [3.8, 4) is 0 Å². The average Bonchev–Trinajstić information content (AvgIpc) is 3.07. The number of allylic oxidation sites excluding steroid dienone is 4. The monoisotopic (exact) mass is 340 g/mol. The van der Waals surface area contributed by atoms with Crippen LogP contribution in [0, 0.1) is 39.9 Å². The summed E-state index contributed by atoms with van der Waals surface area (Å²) in [7, 11) is 1.66. The summed E-state index contributed by atoms with van der Waals surface area (Å²) in [5, 5.41) is 0. The molecule has 130 valence electrons. The van der Waals surface area contributed by atoms with E-state index in [2.05, 4.69) is 6.08 Å². The van der Waals surface area contributed by atoms with Gasteiger partial charge in [0.15, 0.2) is 0 Å². The van der Waals surface area contributed by atoms with Gasteiger partial charge in [-0.3, -0.25) is 14.4 Å². The molecule has 0 N–H and O–H groups in total. The number of hydrogen-bond acceptors (Lipinski definition) is 5. The number of carbonyl (C=O) groups excluding carboxylic acids is 3. The van der Waals surface area contributed by atoms with E-state index in [0.717, 1.165) is 25.0 Å². The second-order valence-electron chi connectivity index (χ2n) is 8.87. The standard InChI is InChI=1S/C20H20O5/c1-18-11(16(22)25-17(18)23)4-3-10-12(18)7-13(24-2)20-8-9-5-6-19(10,20)15(20)14(9)21/h3,7,9,11-12,15H,4-6,8H2,1-2H3/t9-,11+,12+,15?,18-,19+,20-/m1/s1. The Balaban J connectivity index is 1.60. The fraction of sp³-hybridized carbons (Fsp3) is 0.650. The van der Waals surface area contributed by atoms with Crippen molar-refractivity contribution in [2.24, 2.45) is 39.9 Å². The van der Waals surface area contributed by atoms with Gasteiger partial charge in [-0.25, -0.2) is 0 Å². The van der Waals surface area contributed by atoms with E-state index in [1.807, 2.05) is 13.0 Å². The minimum atomic E-state index is -0.877. The van der Waals surface area contributed by atoms with Crippen LogP contribution in [0.5, 0.6) is 0 Å². The van der Waals surface area contributed by atoms with Crippen LogP contribution in [0.2, 0.25) is 0 Å². The number of carbonyl (C=O) groups is 3. The first-order valence-corrected chi connectivity index (χ1v) is 9.19. The third-order valence-electron chi connectivity index (χ3n) is 8.53. The molecule has 1 saturated heterocycles. The van der Waals surface area contributed by atoms with E-state index in [0.29, 0.717) is 12.2 Å². The second-order valence-corrected chi connectivity index (χ2v) is 8.87. The third-order valence-corrected chi connectivity index (χ3v) is 8.53. The molecule has 0 amide bonds. The Morgan fingerprint density at radius 1 is 1.24 bits per heavy atom. The zero-order valence-electron chi connectivity index (χ0n) is 14.3. The van der Waals surface area contributed by atoms with Gasteiger partial charge >= 0.3 is 11.9 Å². The van der Waals surface area contributed by atoms with E-state index in [1.54, 1.807) is 7.11 Å². The van der Waals surface area contributed by atoms with E-state index in [-0.39, 0.29) is 28.6 Å². The molecule has 4 saturated carbocycles. The summed E-state index contributed by atoms with van der Waals surface area (Å²) in [6.07, 6.45) is 7.52. The number of rotatable bonds is 1. The number of Topliss-reactive ketones (excluding diaryl/α,β-unsaturated/α-hetero) is 1. The maximum absolute atomic E-state index is 12.9. The lowest BCUT2D eigenvalue weighted by atomic mass is 9.53. The Bertz CT molecular complexity index is 852. The molecule has 1 heterocycles. The Labute approximate surface area is 145 Å². The lowest BCUT2D eigenvalue weighted by molar-refractivity contribution is -0.155. The Morgan fingerprint density at radius 2 is 2.04 bits per heavy atom. The van der Waals surface area contributed by atoms with Crippen LogP contribution >= 0.6 is 0 Å². The third kappa shape index (κ3) is 1.12. The van der Waals surface area contributed by atoms with Gasteiger partial charge in [0.05, 0.1) is 18.4 Å². The summed E-state index contributed by atoms with van der Waals surface area (Å²) in [6.45, 7) is 1.85. The van der Waals surface area contributed by atoms with Crippen LogP contribution in [0.25, 0.3) is 0 Å². The van der Waals surface area contributed by atoms with Crippen LogP contribution < -0.4 is 0 Å². The van der Waals surface area contributed by atoms with E-state index in [4.69, 9.17) is 9.47 Å². The number of esters is 2. The summed E-state index contributed by atoms with van der Waals surface area (Å²) in [5.74, 6) is -0.0501. The van der Waals surface area contributed by atoms with Gasteiger partial charge in [-0.15, -0.1) is 0 Å². The van der Waals surface area contributed by atoms with Crippen LogP contribution in [0.15, 0.2) is 23.5 Å². The minimum Gasteiger partial charge on any atom is -0.501 e. The van der Waals surface area contributed by atoms with E-state index >= 15 is 0 Å². The molecule has 25 heavy (non-hydrogen) atoms. The van der Waals surface area contributed by atoms with Crippen molar-refractivity contribution < 1.29 is 23.9 Å². The smallest absolute Gasteiger partial charge is 0.321 e. The van der Waals surface area contributed by atoms with Crippen molar-refractivity contribution in [2.45, 2.75) is 32.6 Å². The normalized spacial score (nSPS) is 54.1. The second kappa shape index (κ2) is 3.76. The molecule has 5 heteroatoms. The topological polar surface area (TPSA) is 69.7 Å². The number of cyclic esters (lactones) is 2. The first kappa shape index (κ1) is 14.3. The molecule has 5 fully saturated rings. The molecule has 7 aliphatic rings. The molecule has 0 aromatic rings. The summed E-state index contributed by atoms with van der Waals surface area (Å²) in [6, 6.07) is 0. The van der Waals surface area contributed by atoms with Crippen LogP contribution in [-0.2, 0) is 23.9 Å². The molecule has 1 unspecified atom stereocenters. The maximum atomic E-state index is 12.9. The lowest BCUT2D eigenvalue weighted by Crippen LogP contribution is -2.47. The van der Waals surface area contributed by atoms with Crippen molar-refractivity contribution in [3.05, 3.63) is 23.5 Å². The van der Waals surface area contributed by atoms with Gasteiger partial charge in [-0.2, -0.15) is 0 Å². The number of ketones is 1. The van der Waals surface area contributed by atoms with Gasteiger partial charge < -0.3 is 9.47 Å². The summed E-state index contributed by atoms with van der Waals surface area (Å²) < 4.78 is 10.8. The SMILES string of the molecule is COC1=C[C@H]2C(=CC[C@H]3C(=O)OC(=O)[C@@]23C)[C@]23CC[C@@H]4C[C@]12C3C4=O. The zero-order valence-corrected chi connectivity index (χ0v) is 14.3. The highest BCUT2D eigenvalue weighted by molar-refractivity contribution is 6.01. The molecule has 0 radical (unpaired) electrons. The first-order chi connectivity index (χ1) is 11.9. The first-order valence-electron chi connectivity index (χ1n) is 9.19. The molecule has 2 spiro atoms. The van der Waals surface area contributed by atoms with Crippen molar-refractivity contribution >= 4 is 17.7 Å². The van der Waals surface area contributed by atoms with Gasteiger partial charge in [-0.1, -0.05) is 11.6 Å². The number of fused-ring (bicyclic) bond motifs is 4. The highest BCUT2D eigenvalue weighted by Gasteiger charge is 2.89. The zero-order chi connectivity index (χ0) is 17.4. The van der Waals surface area contributed by atoms with Crippen LogP contribution in [0.4, 0.5) is 0 Å². The molecular formula is C20H20O5. The Morgan fingerprint density at radius 3 is 2.80 bits per heavy atom. The predicted molar refractivity (Wildman–Crippen MR) is 84.7 cm³/mol. The maximum Gasteiger partial charge on any atom is 0.321 e. The van der Waals surface area contributed by atoms with Crippen molar-refractivity contribution in [2.75, 3.05) is 7.11 Å². The lowest BCUT2D eigenvalue weighted by Gasteiger charge is -2.48.